The molecule has 0 spiro atoms. The van der Waals surface area contributed by atoms with Gasteiger partial charge in [-0.2, -0.15) is 0 Å². The highest BCUT2D eigenvalue weighted by atomic mass is 16.3. The molecule has 1 aliphatic rings. The molecule has 0 bridgehead atoms. The summed E-state index contributed by atoms with van der Waals surface area (Å²) in [6.45, 7) is 2.52. The Kier molecular flexibility index (Phi) is 3.07. The lowest BCUT2D eigenvalue weighted by atomic mass is 9.83. The van der Waals surface area contributed by atoms with Crippen LogP contribution in [0.1, 0.15) is 12.5 Å². The molecule has 3 heteroatoms. The summed E-state index contributed by atoms with van der Waals surface area (Å²) in [7, 11) is 0. The lowest BCUT2D eigenvalue weighted by Crippen LogP contribution is -2.61. The molecular formula is C17H17NO2. The van der Waals surface area contributed by atoms with Crippen LogP contribution in [0.4, 0.5) is 0 Å². The molecule has 1 heterocycles. The molecule has 1 fully saturated rings. The number of nitrogens with zero attached hydrogens (tertiary/aromatic N) is 1. The predicted octanol–water partition coefficient (Wildman–Crippen LogP) is 2.45. The topological polar surface area (TPSA) is 40.5 Å². The fourth-order valence-corrected chi connectivity index (χ4v) is 2.79. The molecule has 102 valence electrons. The van der Waals surface area contributed by atoms with Crippen LogP contribution in [0.2, 0.25) is 0 Å². The van der Waals surface area contributed by atoms with Crippen LogP contribution in [0.5, 0.6) is 0 Å². The summed E-state index contributed by atoms with van der Waals surface area (Å²) in [5.74, 6) is -0.0441. The zero-order valence-corrected chi connectivity index (χ0v) is 11.4. The van der Waals surface area contributed by atoms with Crippen LogP contribution in [-0.4, -0.2) is 29.0 Å². The van der Waals surface area contributed by atoms with Crippen molar-refractivity contribution in [3.8, 4) is 0 Å². The maximum absolute atomic E-state index is 11.7. The summed E-state index contributed by atoms with van der Waals surface area (Å²) >= 11 is 0. The Morgan fingerprint density at radius 3 is 2.65 bits per heavy atom. The van der Waals surface area contributed by atoms with Crippen LogP contribution >= 0.6 is 0 Å². The molecule has 1 saturated heterocycles. The molecule has 0 aliphatic carbocycles. The number of carbonyl (C=O) groups excluding carboxylic acids is 1. The lowest BCUT2D eigenvalue weighted by molar-refractivity contribution is -0.151. The highest BCUT2D eigenvalue weighted by Gasteiger charge is 2.45. The van der Waals surface area contributed by atoms with Gasteiger partial charge in [0.2, 0.25) is 5.91 Å². The van der Waals surface area contributed by atoms with E-state index in [1.54, 1.807) is 11.0 Å². The van der Waals surface area contributed by atoms with Gasteiger partial charge in [0.15, 0.2) is 0 Å². The number of rotatable bonds is 2. The second-order valence-electron chi connectivity index (χ2n) is 5.25. The fourth-order valence-electron chi connectivity index (χ4n) is 2.79. The molecular weight excluding hydrogens is 250 g/mol. The van der Waals surface area contributed by atoms with E-state index in [2.05, 4.69) is 0 Å². The molecule has 0 aromatic heterocycles. The second-order valence-corrected chi connectivity index (χ2v) is 5.25. The van der Waals surface area contributed by atoms with E-state index in [-0.39, 0.29) is 5.91 Å². The molecule has 0 saturated carbocycles. The molecule has 0 unspecified atom stereocenters. The monoisotopic (exact) mass is 267 g/mol. The molecule has 2 aromatic carbocycles. The van der Waals surface area contributed by atoms with Crippen molar-refractivity contribution in [2.45, 2.75) is 12.5 Å². The first-order chi connectivity index (χ1) is 9.64. The number of likely N-dealkylation sites (tertiary alicyclic amines) is 1. The fraction of sp³-hybridized carbons (Fsp3) is 0.235. The zero-order chi connectivity index (χ0) is 14.2. The van der Waals surface area contributed by atoms with E-state index in [0.717, 1.165) is 16.3 Å². The van der Waals surface area contributed by atoms with Gasteiger partial charge in [0.25, 0.3) is 0 Å². The number of β-amino-alcohol motifs (C(OH)–C–C–N with tert-alkyl or cyclic N) is 1. The van der Waals surface area contributed by atoms with Gasteiger partial charge in [-0.3, -0.25) is 4.79 Å². The van der Waals surface area contributed by atoms with Crippen molar-refractivity contribution in [3.63, 3.8) is 0 Å². The van der Waals surface area contributed by atoms with Gasteiger partial charge in [-0.1, -0.05) is 48.5 Å². The molecule has 3 rings (SSSR count). The molecule has 1 amide bonds. The van der Waals surface area contributed by atoms with Gasteiger partial charge in [-0.05, 0) is 29.3 Å². The van der Waals surface area contributed by atoms with E-state index < -0.39 is 5.60 Å². The van der Waals surface area contributed by atoms with Gasteiger partial charge in [-0.15, -0.1) is 0 Å². The summed E-state index contributed by atoms with van der Waals surface area (Å²) < 4.78 is 0. The maximum atomic E-state index is 11.7. The predicted molar refractivity (Wildman–Crippen MR) is 79.2 cm³/mol. The van der Waals surface area contributed by atoms with Crippen molar-refractivity contribution in [1.29, 1.82) is 0 Å². The average Bonchev–Trinajstić information content (AvgIpc) is 2.43. The molecule has 20 heavy (non-hydrogen) atoms. The third-order valence-electron chi connectivity index (χ3n) is 3.82. The smallest absolute Gasteiger partial charge is 0.246 e. The van der Waals surface area contributed by atoms with Crippen molar-refractivity contribution >= 4 is 16.7 Å². The summed E-state index contributed by atoms with van der Waals surface area (Å²) in [6, 6.07) is 13.9. The maximum Gasteiger partial charge on any atom is 0.246 e. The van der Waals surface area contributed by atoms with Crippen molar-refractivity contribution in [1.82, 2.24) is 4.90 Å². The minimum atomic E-state index is -0.932. The summed E-state index contributed by atoms with van der Waals surface area (Å²) in [5.41, 5.74) is -0.0295. The number of fused-ring (bicyclic) bond motifs is 1. The molecule has 0 radical (unpaired) electrons. The molecule has 1 N–H and O–H groups in total. The Balaban J connectivity index is 1.92. The Hall–Kier alpha value is -2.13. The lowest BCUT2D eigenvalue weighted by Gasteiger charge is -2.46. The van der Waals surface area contributed by atoms with Gasteiger partial charge in [-0.25, -0.2) is 0 Å². The average molecular weight is 267 g/mol. The van der Waals surface area contributed by atoms with E-state index >= 15 is 0 Å². The third-order valence-corrected chi connectivity index (χ3v) is 3.82. The van der Waals surface area contributed by atoms with E-state index in [0.29, 0.717) is 13.1 Å². The van der Waals surface area contributed by atoms with Crippen molar-refractivity contribution in [3.05, 3.63) is 60.2 Å². The van der Waals surface area contributed by atoms with Crippen LogP contribution in [0.25, 0.3) is 10.8 Å². The number of hydrogen-bond acceptors (Lipinski definition) is 2. The number of benzene rings is 2. The second kappa shape index (κ2) is 4.76. The first kappa shape index (κ1) is 12.9. The van der Waals surface area contributed by atoms with E-state index in [1.807, 2.05) is 49.4 Å². The van der Waals surface area contributed by atoms with Gasteiger partial charge < -0.3 is 10.0 Å². The number of hydrogen-bond donors (Lipinski definition) is 1. The first-order valence-corrected chi connectivity index (χ1v) is 6.76. The standard InChI is InChI=1S/C17H17NO2/c1-2-6-16(19)18-11-17(20,12-18)15-10-5-8-13-7-3-4-9-14(13)15/h2-10,20H,11-12H2,1H3/b6-2+. The van der Waals surface area contributed by atoms with Crippen LogP contribution < -0.4 is 0 Å². The van der Waals surface area contributed by atoms with Gasteiger partial charge in [0, 0.05) is 0 Å². The number of amides is 1. The van der Waals surface area contributed by atoms with Crippen molar-refractivity contribution in [2.75, 3.05) is 13.1 Å². The number of aliphatic hydroxyl groups is 1. The SMILES string of the molecule is C/C=C/C(=O)N1CC(O)(c2cccc3ccccc23)C1. The largest absolute Gasteiger partial charge is 0.381 e. The minimum absolute atomic E-state index is 0.0441. The Morgan fingerprint density at radius 1 is 1.20 bits per heavy atom. The van der Waals surface area contributed by atoms with E-state index in [1.165, 1.54) is 6.08 Å². The van der Waals surface area contributed by atoms with E-state index in [9.17, 15) is 9.90 Å². The highest BCUT2D eigenvalue weighted by Crippen LogP contribution is 2.36. The van der Waals surface area contributed by atoms with E-state index in [4.69, 9.17) is 0 Å². The van der Waals surface area contributed by atoms with Gasteiger partial charge >= 0.3 is 0 Å². The normalized spacial score (nSPS) is 17.4. The zero-order valence-electron chi connectivity index (χ0n) is 11.4. The van der Waals surface area contributed by atoms with Crippen LogP contribution in [0.3, 0.4) is 0 Å². The Morgan fingerprint density at radius 2 is 1.90 bits per heavy atom. The minimum Gasteiger partial charge on any atom is -0.381 e. The summed E-state index contributed by atoms with van der Waals surface area (Å²) in [6.07, 6.45) is 3.25. The molecule has 2 aromatic rings. The Bertz CT molecular complexity index is 679. The molecule has 3 nitrogen and oxygen atoms in total. The van der Waals surface area contributed by atoms with Gasteiger partial charge in [0.05, 0.1) is 13.1 Å². The van der Waals surface area contributed by atoms with Gasteiger partial charge in [0.1, 0.15) is 5.60 Å². The molecule has 1 aliphatic heterocycles. The summed E-state index contributed by atoms with van der Waals surface area (Å²) in [5, 5.41) is 12.9. The van der Waals surface area contributed by atoms with Crippen LogP contribution in [-0.2, 0) is 10.4 Å². The van der Waals surface area contributed by atoms with Crippen LogP contribution in [0.15, 0.2) is 54.6 Å². The number of allylic oxidation sites excluding steroid dienone is 1. The van der Waals surface area contributed by atoms with Crippen LogP contribution in [0, 0.1) is 0 Å². The highest BCUT2D eigenvalue weighted by molar-refractivity contribution is 5.90. The van der Waals surface area contributed by atoms with Crippen molar-refractivity contribution in [2.24, 2.45) is 0 Å². The first-order valence-electron chi connectivity index (χ1n) is 6.76. The summed E-state index contributed by atoms with van der Waals surface area (Å²) in [4.78, 5) is 13.4. The Labute approximate surface area is 118 Å². The molecule has 0 atom stereocenters. The third kappa shape index (κ3) is 2.00. The quantitative estimate of drug-likeness (QED) is 0.849. The number of carbonyl (C=O) groups is 1. The van der Waals surface area contributed by atoms with Crippen molar-refractivity contribution < 1.29 is 9.90 Å².